The van der Waals surface area contributed by atoms with Crippen molar-refractivity contribution in [1.29, 1.82) is 0 Å². The van der Waals surface area contributed by atoms with Crippen molar-refractivity contribution in [2.45, 2.75) is 25.7 Å². The van der Waals surface area contributed by atoms with Crippen LogP contribution in [0.25, 0.3) is 0 Å². The van der Waals surface area contributed by atoms with Gasteiger partial charge in [-0.3, -0.25) is 4.18 Å². The predicted octanol–water partition coefficient (Wildman–Crippen LogP) is 0.855. The molecule has 0 amide bonds. The molecule has 2 aliphatic heterocycles. The fourth-order valence-corrected chi connectivity index (χ4v) is 3.35. The largest absolute Gasteiger partial charge is 0.381 e. The minimum atomic E-state index is -3.28. The van der Waals surface area contributed by atoms with Gasteiger partial charge < -0.3 is 9.64 Å². The molecule has 2 saturated heterocycles. The van der Waals surface area contributed by atoms with E-state index in [1.807, 2.05) is 0 Å². The molecule has 5 nitrogen and oxygen atoms in total. The molecule has 2 heterocycles. The molecule has 0 unspecified atom stereocenters. The molecule has 0 aromatic carbocycles. The lowest BCUT2D eigenvalue weighted by Gasteiger charge is -2.33. The summed E-state index contributed by atoms with van der Waals surface area (Å²) >= 11 is 0. The summed E-state index contributed by atoms with van der Waals surface area (Å²) in [6.45, 7) is 5.27. The lowest BCUT2D eigenvalue weighted by atomic mass is 9.80. The Balaban J connectivity index is 1.66. The first kappa shape index (κ1) is 14.2. The van der Waals surface area contributed by atoms with E-state index < -0.39 is 10.1 Å². The lowest BCUT2D eigenvalue weighted by Crippen LogP contribution is -2.33. The second-order valence-corrected chi connectivity index (χ2v) is 7.16. The second-order valence-electron chi connectivity index (χ2n) is 5.52. The fraction of sp³-hybridized carbons (Fsp3) is 1.00. The monoisotopic (exact) mass is 277 g/mol. The average molecular weight is 277 g/mol. The van der Waals surface area contributed by atoms with E-state index in [0.29, 0.717) is 12.0 Å². The van der Waals surface area contributed by atoms with Gasteiger partial charge in [0.2, 0.25) is 0 Å². The standard InChI is InChI=1S/C12H23NO4S/c1-18(14,15)17-8-2-6-13-7-3-12(11-13)4-9-16-10-5-12/h2-11H2,1H3. The smallest absolute Gasteiger partial charge is 0.264 e. The van der Waals surface area contributed by atoms with Gasteiger partial charge in [0.15, 0.2) is 0 Å². The summed E-state index contributed by atoms with van der Waals surface area (Å²) in [5, 5.41) is 0. The molecule has 0 atom stereocenters. The van der Waals surface area contributed by atoms with E-state index >= 15 is 0 Å². The number of rotatable bonds is 5. The van der Waals surface area contributed by atoms with Gasteiger partial charge in [-0.2, -0.15) is 8.42 Å². The van der Waals surface area contributed by atoms with E-state index in [1.165, 1.54) is 19.3 Å². The highest BCUT2D eigenvalue weighted by molar-refractivity contribution is 7.85. The van der Waals surface area contributed by atoms with Gasteiger partial charge in [-0.1, -0.05) is 0 Å². The summed E-state index contributed by atoms with van der Waals surface area (Å²) in [5.41, 5.74) is 0.468. The molecule has 0 aromatic heterocycles. The Morgan fingerprint density at radius 3 is 2.67 bits per heavy atom. The summed E-state index contributed by atoms with van der Waals surface area (Å²) in [4.78, 5) is 2.43. The highest BCUT2D eigenvalue weighted by atomic mass is 32.2. The van der Waals surface area contributed by atoms with Gasteiger partial charge in [0.05, 0.1) is 12.9 Å². The van der Waals surface area contributed by atoms with Crippen LogP contribution >= 0.6 is 0 Å². The SMILES string of the molecule is CS(=O)(=O)OCCCN1CCC2(CCOCC2)C1. The first-order valence-corrected chi connectivity index (χ1v) is 8.45. The topological polar surface area (TPSA) is 55.8 Å². The van der Waals surface area contributed by atoms with E-state index in [-0.39, 0.29) is 0 Å². The Morgan fingerprint density at radius 2 is 2.00 bits per heavy atom. The molecular formula is C12H23NO4S. The van der Waals surface area contributed by atoms with Crippen molar-refractivity contribution in [3.8, 4) is 0 Å². The van der Waals surface area contributed by atoms with Crippen molar-refractivity contribution >= 4 is 10.1 Å². The third-order valence-electron chi connectivity index (χ3n) is 3.99. The van der Waals surface area contributed by atoms with Crippen LogP contribution in [0.5, 0.6) is 0 Å². The summed E-state index contributed by atoms with van der Waals surface area (Å²) in [5.74, 6) is 0. The van der Waals surface area contributed by atoms with Gasteiger partial charge in [-0.05, 0) is 37.6 Å². The van der Waals surface area contributed by atoms with Crippen molar-refractivity contribution in [2.75, 3.05) is 45.7 Å². The molecule has 0 radical (unpaired) electrons. The molecule has 6 heteroatoms. The maximum Gasteiger partial charge on any atom is 0.264 e. The number of ether oxygens (including phenoxy) is 1. The molecule has 0 saturated carbocycles. The molecule has 1 spiro atoms. The Hall–Kier alpha value is -0.170. The third kappa shape index (κ3) is 4.19. The summed E-state index contributed by atoms with van der Waals surface area (Å²) < 4.78 is 31.8. The normalized spacial score (nSPS) is 24.7. The number of nitrogens with zero attached hydrogens (tertiary/aromatic N) is 1. The highest BCUT2D eigenvalue weighted by Crippen LogP contribution is 2.39. The Labute approximate surface area is 110 Å². The quantitative estimate of drug-likeness (QED) is 0.551. The van der Waals surface area contributed by atoms with Gasteiger partial charge in [0, 0.05) is 26.3 Å². The number of likely N-dealkylation sites (tertiary alicyclic amines) is 1. The Kier molecular flexibility index (Phi) is 4.64. The van der Waals surface area contributed by atoms with Crippen LogP contribution in [-0.4, -0.2) is 59.0 Å². The van der Waals surface area contributed by atoms with Gasteiger partial charge >= 0.3 is 0 Å². The predicted molar refractivity (Wildman–Crippen MR) is 69.0 cm³/mol. The van der Waals surface area contributed by atoms with Crippen LogP contribution in [0.1, 0.15) is 25.7 Å². The fourth-order valence-electron chi connectivity index (χ4n) is 2.93. The first-order valence-electron chi connectivity index (χ1n) is 6.64. The molecule has 106 valence electrons. The van der Waals surface area contributed by atoms with Crippen LogP contribution in [0.15, 0.2) is 0 Å². The molecule has 2 rings (SSSR count). The molecule has 0 aromatic rings. The zero-order valence-electron chi connectivity index (χ0n) is 11.1. The van der Waals surface area contributed by atoms with Gasteiger partial charge in [-0.25, -0.2) is 0 Å². The van der Waals surface area contributed by atoms with E-state index in [0.717, 1.165) is 45.5 Å². The van der Waals surface area contributed by atoms with Crippen LogP contribution in [-0.2, 0) is 19.0 Å². The van der Waals surface area contributed by atoms with E-state index in [4.69, 9.17) is 8.92 Å². The van der Waals surface area contributed by atoms with Crippen LogP contribution in [0.2, 0.25) is 0 Å². The van der Waals surface area contributed by atoms with E-state index in [1.54, 1.807) is 0 Å². The molecule has 2 aliphatic rings. The summed E-state index contributed by atoms with van der Waals surface area (Å²) in [6.07, 6.45) is 5.47. The maximum absolute atomic E-state index is 10.8. The van der Waals surface area contributed by atoms with E-state index in [2.05, 4.69) is 4.90 Å². The molecule has 0 bridgehead atoms. The first-order chi connectivity index (χ1) is 8.49. The van der Waals surface area contributed by atoms with Crippen molar-refractivity contribution in [3.63, 3.8) is 0 Å². The zero-order chi connectivity index (χ0) is 13.1. The maximum atomic E-state index is 10.8. The van der Waals surface area contributed by atoms with Gasteiger partial charge in [0.1, 0.15) is 0 Å². The minimum Gasteiger partial charge on any atom is -0.381 e. The van der Waals surface area contributed by atoms with Crippen LogP contribution in [0.4, 0.5) is 0 Å². The number of hydrogen-bond donors (Lipinski definition) is 0. The minimum absolute atomic E-state index is 0.297. The molecule has 0 aliphatic carbocycles. The summed E-state index contributed by atoms with van der Waals surface area (Å²) in [7, 11) is -3.28. The van der Waals surface area contributed by atoms with Crippen LogP contribution in [0.3, 0.4) is 0 Å². The molecule has 0 N–H and O–H groups in total. The Morgan fingerprint density at radius 1 is 1.28 bits per heavy atom. The second kappa shape index (κ2) is 5.86. The average Bonchev–Trinajstić information content (AvgIpc) is 2.68. The van der Waals surface area contributed by atoms with Crippen molar-refractivity contribution < 1.29 is 17.3 Å². The third-order valence-corrected chi connectivity index (χ3v) is 4.58. The van der Waals surface area contributed by atoms with Gasteiger partial charge in [-0.15, -0.1) is 0 Å². The van der Waals surface area contributed by atoms with Crippen molar-refractivity contribution in [2.24, 2.45) is 5.41 Å². The number of hydrogen-bond acceptors (Lipinski definition) is 5. The summed E-state index contributed by atoms with van der Waals surface area (Å²) in [6, 6.07) is 0. The van der Waals surface area contributed by atoms with E-state index in [9.17, 15) is 8.42 Å². The molecule has 18 heavy (non-hydrogen) atoms. The molecule has 2 fully saturated rings. The van der Waals surface area contributed by atoms with Crippen molar-refractivity contribution in [1.82, 2.24) is 4.90 Å². The van der Waals surface area contributed by atoms with Crippen LogP contribution < -0.4 is 0 Å². The van der Waals surface area contributed by atoms with Crippen LogP contribution in [0, 0.1) is 5.41 Å². The highest BCUT2D eigenvalue weighted by Gasteiger charge is 2.38. The molecular weight excluding hydrogens is 254 g/mol. The van der Waals surface area contributed by atoms with Gasteiger partial charge in [0.25, 0.3) is 10.1 Å². The van der Waals surface area contributed by atoms with Crippen molar-refractivity contribution in [3.05, 3.63) is 0 Å². The Bertz CT molecular complexity index is 362. The zero-order valence-corrected chi connectivity index (χ0v) is 11.9. The lowest BCUT2D eigenvalue weighted by molar-refractivity contribution is 0.0192.